The number of carbonyl (C=O) groups excluding carboxylic acids is 1. The highest BCUT2D eigenvalue weighted by molar-refractivity contribution is 6.18. The monoisotopic (exact) mass is 459 g/mol. The maximum atomic E-state index is 12.4. The van der Waals surface area contributed by atoms with Gasteiger partial charge in [0.25, 0.3) is 5.91 Å². The van der Waals surface area contributed by atoms with E-state index in [2.05, 4.69) is 22.3 Å². The zero-order valence-electron chi connectivity index (χ0n) is 14.6. The SMILES string of the molecule is O=C(NCCN(CCCl)CCCl)c1ccc[n+](Cc2ccccc2)c1.[Br-]. The summed E-state index contributed by atoms with van der Waals surface area (Å²) in [5, 5.41) is 2.96. The van der Waals surface area contributed by atoms with Gasteiger partial charge in [-0.05, 0) is 6.07 Å². The van der Waals surface area contributed by atoms with E-state index in [1.165, 1.54) is 5.56 Å². The molecule has 0 fully saturated rings. The molecule has 0 aliphatic heterocycles. The maximum absolute atomic E-state index is 12.4. The number of amides is 1. The molecule has 0 saturated carbocycles. The Balaban J connectivity index is 0.00000338. The fourth-order valence-electron chi connectivity index (χ4n) is 2.55. The minimum atomic E-state index is -0.0703. The molecule has 1 amide bonds. The second-order valence-corrected chi connectivity index (χ2v) is 6.48. The molecule has 0 unspecified atom stereocenters. The molecule has 0 saturated heterocycles. The highest BCUT2D eigenvalue weighted by Crippen LogP contribution is 2.00. The lowest BCUT2D eigenvalue weighted by Gasteiger charge is -2.19. The van der Waals surface area contributed by atoms with E-state index in [9.17, 15) is 4.79 Å². The van der Waals surface area contributed by atoms with E-state index in [0.29, 0.717) is 23.9 Å². The number of pyridine rings is 1. The molecule has 1 N–H and O–H groups in total. The Morgan fingerprint density at radius 3 is 2.35 bits per heavy atom. The van der Waals surface area contributed by atoms with Crippen molar-refractivity contribution in [1.82, 2.24) is 10.2 Å². The minimum Gasteiger partial charge on any atom is -1.00 e. The van der Waals surface area contributed by atoms with E-state index in [-0.39, 0.29) is 22.9 Å². The number of aromatic nitrogens is 1. The number of hydrogen-bond donors (Lipinski definition) is 1. The van der Waals surface area contributed by atoms with Gasteiger partial charge in [-0.15, -0.1) is 23.2 Å². The van der Waals surface area contributed by atoms with Gasteiger partial charge in [-0.2, -0.15) is 4.57 Å². The Bertz CT molecular complexity index is 652. The molecule has 0 radical (unpaired) electrons. The largest absolute Gasteiger partial charge is 1.00 e. The van der Waals surface area contributed by atoms with Crippen molar-refractivity contribution >= 4 is 29.1 Å². The van der Waals surface area contributed by atoms with E-state index >= 15 is 0 Å². The highest BCUT2D eigenvalue weighted by atomic mass is 79.9. The molecule has 2 rings (SSSR count). The molecule has 0 aliphatic carbocycles. The zero-order chi connectivity index (χ0) is 17.9. The topological polar surface area (TPSA) is 36.2 Å². The molecule has 0 spiro atoms. The lowest BCUT2D eigenvalue weighted by Crippen LogP contribution is -3.00. The summed E-state index contributed by atoms with van der Waals surface area (Å²) < 4.78 is 2.01. The van der Waals surface area contributed by atoms with Crippen molar-refractivity contribution in [2.45, 2.75) is 6.54 Å². The summed E-state index contributed by atoms with van der Waals surface area (Å²) >= 11 is 11.6. The van der Waals surface area contributed by atoms with Gasteiger partial charge in [0.05, 0.1) is 0 Å². The average Bonchev–Trinajstić information content (AvgIpc) is 2.63. The third kappa shape index (κ3) is 8.04. The van der Waals surface area contributed by atoms with Crippen LogP contribution in [0.4, 0.5) is 0 Å². The van der Waals surface area contributed by atoms with Crippen molar-refractivity contribution in [3.8, 4) is 0 Å². The van der Waals surface area contributed by atoms with Gasteiger partial charge in [0.1, 0.15) is 5.56 Å². The van der Waals surface area contributed by atoms with Crippen molar-refractivity contribution in [1.29, 1.82) is 0 Å². The van der Waals surface area contributed by atoms with Gasteiger partial charge >= 0.3 is 0 Å². The predicted octanol–water partition coefficient (Wildman–Crippen LogP) is -0.464. The van der Waals surface area contributed by atoms with E-state index in [1.54, 1.807) is 0 Å². The van der Waals surface area contributed by atoms with E-state index < -0.39 is 0 Å². The first-order valence-electron chi connectivity index (χ1n) is 8.38. The van der Waals surface area contributed by atoms with Gasteiger partial charge < -0.3 is 22.3 Å². The summed E-state index contributed by atoms with van der Waals surface area (Å²) in [6.45, 7) is 3.59. The lowest BCUT2D eigenvalue weighted by molar-refractivity contribution is -0.688. The lowest BCUT2D eigenvalue weighted by atomic mass is 10.2. The van der Waals surface area contributed by atoms with Gasteiger partial charge in [0.15, 0.2) is 18.9 Å². The molecule has 7 heteroatoms. The molecular weight excluding hydrogens is 437 g/mol. The normalized spacial score (nSPS) is 10.4. The number of alkyl halides is 2. The number of carbonyl (C=O) groups is 1. The number of hydrogen-bond acceptors (Lipinski definition) is 2. The summed E-state index contributed by atoms with van der Waals surface area (Å²) in [6.07, 6.45) is 3.84. The molecule has 4 nitrogen and oxygen atoms in total. The number of nitrogens with zero attached hydrogens (tertiary/aromatic N) is 2. The molecule has 142 valence electrons. The Morgan fingerprint density at radius 2 is 1.69 bits per heavy atom. The van der Waals surface area contributed by atoms with Crippen LogP contribution in [0.15, 0.2) is 54.9 Å². The Hall–Kier alpha value is -1.14. The minimum absolute atomic E-state index is 0. The Morgan fingerprint density at radius 1 is 1.00 bits per heavy atom. The first kappa shape index (κ1) is 22.9. The third-order valence-corrected chi connectivity index (χ3v) is 4.18. The van der Waals surface area contributed by atoms with Crippen molar-refractivity contribution in [2.24, 2.45) is 0 Å². The summed E-state index contributed by atoms with van der Waals surface area (Å²) in [6, 6.07) is 13.9. The van der Waals surface area contributed by atoms with E-state index in [1.807, 2.05) is 47.3 Å². The Kier molecular flexibility index (Phi) is 11.5. The van der Waals surface area contributed by atoms with Crippen molar-refractivity contribution < 1.29 is 26.3 Å². The van der Waals surface area contributed by atoms with Crippen LogP contribution in [0.25, 0.3) is 0 Å². The standard InChI is InChI=1S/C19H23Cl2N3O.BrH/c20-8-12-23(13-9-21)14-10-22-19(25)18-7-4-11-24(16-18)15-17-5-2-1-3-6-17;/h1-7,11,16H,8-10,12-15H2;1H. The molecule has 0 bridgehead atoms. The number of halogens is 3. The zero-order valence-corrected chi connectivity index (χ0v) is 17.7. The van der Waals surface area contributed by atoms with Crippen LogP contribution in [0, 0.1) is 0 Å². The molecule has 0 aliphatic rings. The van der Waals surface area contributed by atoms with Gasteiger partial charge in [-0.1, -0.05) is 30.3 Å². The fraction of sp³-hybridized carbons (Fsp3) is 0.368. The van der Waals surface area contributed by atoms with Crippen molar-refractivity contribution in [3.63, 3.8) is 0 Å². The van der Waals surface area contributed by atoms with Crippen LogP contribution in [0.2, 0.25) is 0 Å². The van der Waals surface area contributed by atoms with Crippen LogP contribution in [-0.2, 0) is 6.54 Å². The summed E-state index contributed by atoms with van der Waals surface area (Å²) in [4.78, 5) is 14.5. The van der Waals surface area contributed by atoms with Gasteiger partial charge in [-0.25, -0.2) is 0 Å². The second kappa shape index (κ2) is 13.1. The number of nitrogens with one attached hydrogen (secondary N) is 1. The van der Waals surface area contributed by atoms with Crippen LogP contribution in [-0.4, -0.2) is 48.7 Å². The molecule has 2 aromatic rings. The first-order valence-corrected chi connectivity index (χ1v) is 9.45. The second-order valence-electron chi connectivity index (χ2n) is 5.73. The van der Waals surface area contributed by atoms with Gasteiger partial charge in [0.2, 0.25) is 0 Å². The first-order chi connectivity index (χ1) is 12.2. The summed E-state index contributed by atoms with van der Waals surface area (Å²) in [5.74, 6) is 1.05. The Labute approximate surface area is 175 Å². The van der Waals surface area contributed by atoms with Crippen molar-refractivity contribution in [2.75, 3.05) is 37.9 Å². The van der Waals surface area contributed by atoms with Crippen LogP contribution in [0.1, 0.15) is 15.9 Å². The van der Waals surface area contributed by atoms with E-state index in [4.69, 9.17) is 23.2 Å². The quantitative estimate of drug-likeness (QED) is 0.384. The molecule has 26 heavy (non-hydrogen) atoms. The van der Waals surface area contributed by atoms with Crippen LogP contribution in [0.5, 0.6) is 0 Å². The smallest absolute Gasteiger partial charge is 0.257 e. The molecule has 1 aromatic heterocycles. The summed E-state index contributed by atoms with van der Waals surface area (Å²) in [7, 11) is 0. The van der Waals surface area contributed by atoms with Crippen LogP contribution < -0.4 is 26.9 Å². The molecule has 1 heterocycles. The van der Waals surface area contributed by atoms with Crippen LogP contribution >= 0.6 is 23.2 Å². The van der Waals surface area contributed by atoms with Crippen LogP contribution in [0.3, 0.4) is 0 Å². The summed E-state index contributed by atoms with van der Waals surface area (Å²) in [5.41, 5.74) is 1.85. The molecule has 1 aromatic carbocycles. The predicted molar refractivity (Wildman–Crippen MR) is 102 cm³/mol. The number of benzene rings is 1. The highest BCUT2D eigenvalue weighted by Gasteiger charge is 2.11. The molecular formula is C19H24BrCl2N3O. The van der Waals surface area contributed by atoms with Gasteiger partial charge in [-0.3, -0.25) is 9.69 Å². The van der Waals surface area contributed by atoms with E-state index in [0.717, 1.165) is 26.2 Å². The maximum Gasteiger partial charge on any atom is 0.257 e. The number of rotatable bonds is 10. The van der Waals surface area contributed by atoms with Crippen molar-refractivity contribution in [3.05, 3.63) is 66.0 Å². The fourth-order valence-corrected chi connectivity index (χ4v) is 3.03. The molecule has 0 atom stereocenters. The third-order valence-electron chi connectivity index (χ3n) is 3.84. The average molecular weight is 461 g/mol. The van der Waals surface area contributed by atoms with Gasteiger partial charge in [0, 0.05) is 49.6 Å².